The van der Waals surface area contributed by atoms with Gasteiger partial charge in [0, 0.05) is 38.5 Å². The van der Waals surface area contributed by atoms with Gasteiger partial charge in [0.2, 0.25) is 6.43 Å². The molecule has 0 radical (unpaired) electrons. The zero-order valence-electron chi connectivity index (χ0n) is 15.3. The molecule has 4 rings (SSSR count). The minimum atomic E-state index is -2.38. The lowest BCUT2D eigenvalue weighted by Gasteiger charge is -2.21. The molecule has 1 atom stereocenters. The van der Waals surface area contributed by atoms with Crippen LogP contribution in [0.1, 0.15) is 12.8 Å². The summed E-state index contributed by atoms with van der Waals surface area (Å²) in [6.07, 6.45) is 1.90. The lowest BCUT2D eigenvalue weighted by atomic mass is 9.93. The third-order valence-electron chi connectivity index (χ3n) is 5.66. The molecule has 2 fully saturated rings. The van der Waals surface area contributed by atoms with Crippen LogP contribution in [0.5, 0.6) is 0 Å². The van der Waals surface area contributed by atoms with Crippen LogP contribution >= 0.6 is 0 Å². The molecule has 1 saturated heterocycles. The van der Waals surface area contributed by atoms with Crippen molar-refractivity contribution in [3.8, 4) is 11.3 Å². The molecule has 8 nitrogen and oxygen atoms in total. The Labute approximate surface area is 158 Å². The fourth-order valence-electron chi connectivity index (χ4n) is 4.03. The minimum Gasteiger partial charge on any atom is -0.367 e. The van der Waals surface area contributed by atoms with Crippen LogP contribution in [0, 0.1) is 11.3 Å². The summed E-state index contributed by atoms with van der Waals surface area (Å²) in [5.41, 5.74) is -0.0603. The first-order chi connectivity index (χ1) is 13.4. The van der Waals surface area contributed by atoms with E-state index in [1.54, 1.807) is 13.1 Å². The molecule has 28 heavy (non-hydrogen) atoms. The lowest BCUT2D eigenvalue weighted by molar-refractivity contribution is 0.0581. The normalized spacial score (nSPS) is 20.9. The summed E-state index contributed by atoms with van der Waals surface area (Å²) in [7, 11) is 1.58. The van der Waals surface area contributed by atoms with E-state index < -0.39 is 23.6 Å². The first-order valence-electron chi connectivity index (χ1n) is 8.93. The largest absolute Gasteiger partial charge is 0.367 e. The Kier molecular flexibility index (Phi) is 4.28. The van der Waals surface area contributed by atoms with Crippen LogP contribution in [0.3, 0.4) is 0 Å². The van der Waals surface area contributed by atoms with Crippen molar-refractivity contribution in [1.82, 2.24) is 19.7 Å². The van der Waals surface area contributed by atoms with Gasteiger partial charge in [-0.2, -0.15) is 5.10 Å². The number of halogens is 2. The predicted octanol–water partition coefficient (Wildman–Crippen LogP) is 1.04. The van der Waals surface area contributed by atoms with E-state index in [1.165, 1.54) is 17.1 Å². The Bertz CT molecular complexity index is 1110. The molecule has 0 amide bonds. The number of anilines is 1. The van der Waals surface area contributed by atoms with Crippen molar-refractivity contribution in [3.63, 3.8) is 0 Å². The molecule has 0 aromatic carbocycles. The van der Waals surface area contributed by atoms with Gasteiger partial charge in [-0.25, -0.2) is 18.3 Å². The molecular weight excluding hydrogens is 370 g/mol. The van der Waals surface area contributed by atoms with Gasteiger partial charge in [-0.05, 0) is 24.3 Å². The van der Waals surface area contributed by atoms with Gasteiger partial charge in [0.25, 0.3) is 5.56 Å². The second-order valence-electron chi connectivity index (χ2n) is 7.26. The van der Waals surface area contributed by atoms with Crippen LogP contribution in [0.2, 0.25) is 0 Å². The van der Waals surface area contributed by atoms with Gasteiger partial charge < -0.3 is 9.88 Å². The van der Waals surface area contributed by atoms with E-state index in [1.807, 2.05) is 4.90 Å². The summed E-state index contributed by atoms with van der Waals surface area (Å²) in [5, 5.41) is 4.35. The molecule has 1 saturated carbocycles. The summed E-state index contributed by atoms with van der Waals surface area (Å²) in [6.45, 7) is 4.44. The third kappa shape index (κ3) is 2.88. The molecule has 2 aromatic heterocycles. The Morgan fingerprint density at radius 1 is 1.43 bits per heavy atom. The maximum absolute atomic E-state index is 13.6. The number of aromatic amines is 2. The van der Waals surface area contributed by atoms with E-state index in [0.717, 1.165) is 12.8 Å². The van der Waals surface area contributed by atoms with Crippen molar-refractivity contribution >= 4 is 11.9 Å². The maximum Gasteiger partial charge on any atom is 0.325 e. The molecule has 1 spiro atoms. The van der Waals surface area contributed by atoms with Gasteiger partial charge >= 0.3 is 5.69 Å². The highest BCUT2D eigenvalue weighted by Crippen LogP contribution is 2.58. The Morgan fingerprint density at radius 3 is 2.71 bits per heavy atom. The molecule has 2 N–H and O–H groups in total. The number of H-pyrrole nitrogens is 2. The van der Waals surface area contributed by atoms with Crippen LogP contribution < -0.4 is 21.6 Å². The van der Waals surface area contributed by atoms with Gasteiger partial charge in [-0.15, -0.1) is 0 Å². The van der Waals surface area contributed by atoms with Crippen LogP contribution in [0.25, 0.3) is 17.5 Å². The molecule has 1 unspecified atom stereocenters. The van der Waals surface area contributed by atoms with Crippen molar-refractivity contribution in [2.75, 3.05) is 25.0 Å². The van der Waals surface area contributed by atoms with Crippen LogP contribution in [-0.2, 0) is 0 Å². The van der Waals surface area contributed by atoms with E-state index in [0.29, 0.717) is 17.7 Å². The standard InChI is InChI=1S/C18H20F2N6O2/c1-3-26-15(21-2)13(25-8-11(14(19)20)18(9-25)4-5-18)6-12(24-26)10-7-22-17(28)23-16(10)27/h3,6-7,11,14H,1,4-5,8-9H2,2H3,(H2,22,23,27,28). The Balaban J connectivity index is 1.86. The molecule has 0 bridgehead atoms. The van der Waals surface area contributed by atoms with Crippen molar-refractivity contribution in [1.29, 1.82) is 0 Å². The second-order valence-corrected chi connectivity index (χ2v) is 7.26. The lowest BCUT2D eigenvalue weighted by Crippen LogP contribution is -2.33. The number of alkyl halides is 2. The topological polar surface area (TPSA) is 99.1 Å². The minimum absolute atomic E-state index is 0.157. The molecule has 148 valence electrons. The van der Waals surface area contributed by atoms with Crippen molar-refractivity contribution in [2.24, 2.45) is 16.3 Å². The van der Waals surface area contributed by atoms with E-state index in [-0.39, 0.29) is 23.2 Å². The number of hydrogen-bond donors (Lipinski definition) is 2. The summed E-state index contributed by atoms with van der Waals surface area (Å²) in [6, 6.07) is 1.65. The highest BCUT2D eigenvalue weighted by atomic mass is 19.3. The van der Waals surface area contributed by atoms with E-state index in [2.05, 4.69) is 26.6 Å². The van der Waals surface area contributed by atoms with E-state index in [9.17, 15) is 18.4 Å². The van der Waals surface area contributed by atoms with E-state index >= 15 is 0 Å². The average Bonchev–Trinajstić information content (AvgIpc) is 3.32. The van der Waals surface area contributed by atoms with Gasteiger partial charge in [0.15, 0.2) is 5.49 Å². The fraction of sp³-hybridized carbons (Fsp3) is 0.444. The number of nitrogens with zero attached hydrogens (tertiary/aromatic N) is 4. The molecular formula is C18H20F2N6O2. The fourth-order valence-corrected chi connectivity index (χ4v) is 4.03. The number of hydrogen-bond acceptors (Lipinski definition) is 5. The molecule has 2 aromatic rings. The third-order valence-corrected chi connectivity index (χ3v) is 5.66. The molecule has 2 aliphatic rings. The highest BCUT2D eigenvalue weighted by Gasteiger charge is 2.58. The van der Waals surface area contributed by atoms with Gasteiger partial charge in [-0.1, -0.05) is 6.58 Å². The van der Waals surface area contributed by atoms with Crippen LogP contribution in [0.4, 0.5) is 14.5 Å². The van der Waals surface area contributed by atoms with Crippen molar-refractivity contribution in [2.45, 2.75) is 19.3 Å². The monoisotopic (exact) mass is 390 g/mol. The average molecular weight is 390 g/mol. The van der Waals surface area contributed by atoms with Gasteiger partial charge in [0.1, 0.15) is 5.69 Å². The first-order valence-corrected chi connectivity index (χ1v) is 8.93. The highest BCUT2D eigenvalue weighted by molar-refractivity contribution is 5.63. The van der Waals surface area contributed by atoms with Crippen LogP contribution in [0.15, 0.2) is 33.4 Å². The van der Waals surface area contributed by atoms with Crippen molar-refractivity contribution in [3.05, 3.63) is 45.2 Å². The quantitative estimate of drug-likeness (QED) is 0.815. The predicted molar refractivity (Wildman–Crippen MR) is 100 cm³/mol. The SMILES string of the molecule is C=Cn1nc(-c2c[nH]c(=O)[nH]c2=O)cc(N2CC(C(F)F)C3(CC3)C2)c1=NC. The van der Waals surface area contributed by atoms with Crippen LogP contribution in [-0.4, -0.2) is 46.3 Å². The number of nitrogens with one attached hydrogen (secondary N) is 2. The summed E-state index contributed by atoms with van der Waals surface area (Å²) in [4.78, 5) is 34.2. The Morgan fingerprint density at radius 2 is 2.18 bits per heavy atom. The summed E-state index contributed by atoms with van der Waals surface area (Å²) >= 11 is 0. The molecule has 1 aliphatic heterocycles. The smallest absolute Gasteiger partial charge is 0.325 e. The first kappa shape index (κ1) is 18.3. The van der Waals surface area contributed by atoms with Gasteiger partial charge in [-0.3, -0.25) is 14.8 Å². The van der Waals surface area contributed by atoms with E-state index in [4.69, 9.17) is 0 Å². The molecule has 1 aliphatic carbocycles. The number of aromatic nitrogens is 4. The second kappa shape index (κ2) is 6.54. The zero-order valence-corrected chi connectivity index (χ0v) is 15.3. The molecule has 10 heteroatoms. The summed E-state index contributed by atoms with van der Waals surface area (Å²) in [5.74, 6) is -0.692. The van der Waals surface area contributed by atoms with Gasteiger partial charge in [0.05, 0.1) is 11.3 Å². The maximum atomic E-state index is 13.6. The summed E-state index contributed by atoms with van der Waals surface area (Å²) < 4.78 is 28.5. The zero-order chi connectivity index (χ0) is 20.1. The molecule has 3 heterocycles. The Hall–Kier alpha value is -3.04. The number of rotatable bonds is 4. The van der Waals surface area contributed by atoms with Crippen molar-refractivity contribution < 1.29 is 8.78 Å².